The molecule has 0 aliphatic heterocycles. The zero-order chi connectivity index (χ0) is 14.5. The van der Waals surface area contributed by atoms with Gasteiger partial charge in [0.2, 0.25) is 0 Å². The van der Waals surface area contributed by atoms with Crippen molar-refractivity contribution in [2.24, 2.45) is 5.10 Å². The summed E-state index contributed by atoms with van der Waals surface area (Å²) in [5.41, 5.74) is 4.46. The zero-order valence-electron chi connectivity index (χ0n) is 10.7. The molecule has 6 heteroatoms. The van der Waals surface area contributed by atoms with Gasteiger partial charge in [-0.1, -0.05) is 35.9 Å². The van der Waals surface area contributed by atoms with Gasteiger partial charge >= 0.3 is 0 Å². The molecule has 0 saturated carbocycles. The molecule has 1 N–H and O–H groups in total. The van der Waals surface area contributed by atoms with Gasteiger partial charge in [-0.2, -0.15) is 5.10 Å². The molecule has 0 bridgehead atoms. The third-order valence-electron chi connectivity index (χ3n) is 2.71. The monoisotopic (exact) mass is 289 g/mol. The number of rotatable bonds is 4. The maximum Gasteiger partial charge on any atom is 0.278 e. The number of hydrazone groups is 1. The summed E-state index contributed by atoms with van der Waals surface area (Å²) in [6, 6.07) is 13.6. The van der Waals surface area contributed by atoms with Crippen molar-refractivity contribution in [1.29, 1.82) is 0 Å². The summed E-state index contributed by atoms with van der Waals surface area (Å²) in [5, 5.41) is 15.6. The number of para-hydroxylation sites is 2. The maximum absolute atomic E-state index is 11.0. The van der Waals surface area contributed by atoms with Crippen molar-refractivity contribution < 1.29 is 4.92 Å². The van der Waals surface area contributed by atoms with E-state index in [2.05, 4.69) is 10.5 Å². The molecule has 0 fully saturated rings. The van der Waals surface area contributed by atoms with Crippen molar-refractivity contribution in [2.45, 2.75) is 6.92 Å². The van der Waals surface area contributed by atoms with E-state index >= 15 is 0 Å². The molecule has 5 nitrogen and oxygen atoms in total. The van der Waals surface area contributed by atoms with E-state index in [0.717, 1.165) is 0 Å². The normalized spacial score (nSPS) is 11.2. The van der Waals surface area contributed by atoms with Crippen LogP contribution >= 0.6 is 11.6 Å². The zero-order valence-corrected chi connectivity index (χ0v) is 11.5. The summed E-state index contributed by atoms with van der Waals surface area (Å²) in [7, 11) is 0. The van der Waals surface area contributed by atoms with Crippen LogP contribution in [0.25, 0.3) is 0 Å². The Kier molecular flexibility index (Phi) is 4.32. The average Bonchev–Trinajstić information content (AvgIpc) is 2.46. The second-order valence-electron chi connectivity index (χ2n) is 4.06. The van der Waals surface area contributed by atoms with E-state index in [1.807, 2.05) is 12.1 Å². The number of anilines is 1. The van der Waals surface area contributed by atoms with Crippen LogP contribution in [0.15, 0.2) is 53.6 Å². The number of nitrogens with one attached hydrogen (secondary N) is 1. The first kappa shape index (κ1) is 14.0. The molecule has 0 amide bonds. The molecule has 102 valence electrons. The Morgan fingerprint density at radius 3 is 2.55 bits per heavy atom. The maximum atomic E-state index is 11.0. The van der Waals surface area contributed by atoms with Gasteiger partial charge in [-0.3, -0.25) is 15.5 Å². The smallest absolute Gasteiger partial charge is 0.277 e. The number of nitrogens with zero attached hydrogens (tertiary/aromatic N) is 2. The molecule has 0 saturated heterocycles. The van der Waals surface area contributed by atoms with Crippen LogP contribution in [0.5, 0.6) is 0 Å². The van der Waals surface area contributed by atoms with Gasteiger partial charge in [0.05, 0.1) is 26.9 Å². The number of nitro groups is 1. The third-order valence-corrected chi connectivity index (χ3v) is 3.04. The second kappa shape index (κ2) is 6.16. The van der Waals surface area contributed by atoms with Crippen LogP contribution in [0.1, 0.15) is 12.5 Å². The minimum Gasteiger partial charge on any atom is -0.277 e. The fraction of sp³-hybridized carbons (Fsp3) is 0.0714. The number of halogens is 1. The Bertz CT molecular complexity index is 671. The minimum atomic E-state index is -0.427. The van der Waals surface area contributed by atoms with Gasteiger partial charge in [0.1, 0.15) is 0 Å². The van der Waals surface area contributed by atoms with Gasteiger partial charge in [0, 0.05) is 6.07 Å². The Hall–Kier alpha value is -2.40. The Morgan fingerprint density at radius 1 is 1.20 bits per heavy atom. The second-order valence-corrected chi connectivity index (χ2v) is 4.47. The predicted octanol–water partition coefficient (Wildman–Crippen LogP) is 4.08. The standard InChI is InChI=1S/C14H12ClN3O2/c1-10(11-6-2-5-9-14(11)18(19)20)16-17-13-8-4-3-7-12(13)15/h2-9,17H,1H3/b16-10-. The van der Waals surface area contributed by atoms with E-state index in [4.69, 9.17) is 11.6 Å². The van der Waals surface area contributed by atoms with Crippen molar-refractivity contribution in [2.75, 3.05) is 5.43 Å². The third kappa shape index (κ3) is 3.13. The van der Waals surface area contributed by atoms with E-state index in [-0.39, 0.29) is 5.69 Å². The Balaban J connectivity index is 2.28. The Morgan fingerprint density at radius 2 is 1.85 bits per heavy atom. The summed E-state index contributed by atoms with van der Waals surface area (Å²) < 4.78 is 0. The molecule has 0 unspecified atom stereocenters. The van der Waals surface area contributed by atoms with Crippen LogP contribution < -0.4 is 5.43 Å². The number of hydrogen-bond acceptors (Lipinski definition) is 4. The molecule has 2 rings (SSSR count). The van der Waals surface area contributed by atoms with E-state index in [1.165, 1.54) is 6.07 Å². The molecule has 2 aromatic carbocycles. The van der Waals surface area contributed by atoms with Crippen molar-refractivity contribution in [3.05, 3.63) is 69.2 Å². The number of hydrogen-bond donors (Lipinski definition) is 1. The summed E-state index contributed by atoms with van der Waals surface area (Å²) in [5.74, 6) is 0. The van der Waals surface area contributed by atoms with Crippen molar-refractivity contribution in [3.63, 3.8) is 0 Å². The van der Waals surface area contributed by atoms with Gasteiger partial charge in [0.15, 0.2) is 0 Å². The molecule has 0 heterocycles. The summed E-state index contributed by atoms with van der Waals surface area (Å²) in [4.78, 5) is 10.5. The van der Waals surface area contributed by atoms with Crippen molar-refractivity contribution >= 4 is 28.7 Å². The van der Waals surface area contributed by atoms with Crippen molar-refractivity contribution in [1.82, 2.24) is 0 Å². The molecule has 0 spiro atoms. The minimum absolute atomic E-state index is 0.0229. The van der Waals surface area contributed by atoms with Gasteiger partial charge in [0.25, 0.3) is 5.69 Å². The topological polar surface area (TPSA) is 67.5 Å². The molecule has 2 aromatic rings. The van der Waals surface area contributed by atoms with Gasteiger partial charge in [-0.05, 0) is 25.1 Å². The summed E-state index contributed by atoms with van der Waals surface area (Å²) in [6.07, 6.45) is 0. The van der Waals surface area contributed by atoms with Crippen LogP contribution in [0.3, 0.4) is 0 Å². The summed E-state index contributed by atoms with van der Waals surface area (Å²) >= 11 is 6.00. The van der Waals surface area contributed by atoms with Crippen LogP contribution in [0.4, 0.5) is 11.4 Å². The van der Waals surface area contributed by atoms with Crippen LogP contribution in [0, 0.1) is 10.1 Å². The molecule has 0 atom stereocenters. The first-order valence-corrected chi connectivity index (χ1v) is 6.26. The predicted molar refractivity (Wildman–Crippen MR) is 80.4 cm³/mol. The van der Waals surface area contributed by atoms with Crippen LogP contribution in [-0.2, 0) is 0 Å². The molecule has 0 aromatic heterocycles. The molecular formula is C14H12ClN3O2. The van der Waals surface area contributed by atoms with Gasteiger partial charge in [-0.25, -0.2) is 0 Å². The molecule has 0 radical (unpaired) electrons. The van der Waals surface area contributed by atoms with E-state index < -0.39 is 4.92 Å². The van der Waals surface area contributed by atoms with E-state index in [0.29, 0.717) is 22.0 Å². The lowest BCUT2D eigenvalue weighted by Gasteiger charge is -2.05. The quantitative estimate of drug-likeness (QED) is 0.524. The number of nitro benzene ring substituents is 1. The highest BCUT2D eigenvalue weighted by atomic mass is 35.5. The van der Waals surface area contributed by atoms with Gasteiger partial charge in [-0.15, -0.1) is 0 Å². The lowest BCUT2D eigenvalue weighted by Crippen LogP contribution is -2.03. The van der Waals surface area contributed by atoms with E-state index in [1.54, 1.807) is 37.3 Å². The van der Waals surface area contributed by atoms with Crippen molar-refractivity contribution in [3.8, 4) is 0 Å². The molecule has 0 aliphatic rings. The van der Waals surface area contributed by atoms with E-state index in [9.17, 15) is 10.1 Å². The van der Waals surface area contributed by atoms with Crippen LogP contribution in [0.2, 0.25) is 5.02 Å². The van der Waals surface area contributed by atoms with Gasteiger partial charge < -0.3 is 0 Å². The largest absolute Gasteiger partial charge is 0.278 e. The molecule has 0 aliphatic carbocycles. The molecular weight excluding hydrogens is 278 g/mol. The lowest BCUT2D eigenvalue weighted by molar-refractivity contribution is -0.385. The highest BCUT2D eigenvalue weighted by Crippen LogP contribution is 2.22. The lowest BCUT2D eigenvalue weighted by atomic mass is 10.1. The summed E-state index contributed by atoms with van der Waals surface area (Å²) in [6.45, 7) is 1.70. The SMILES string of the molecule is C/C(=N/Nc1ccccc1Cl)c1ccccc1[N+](=O)[O-]. The fourth-order valence-electron chi connectivity index (χ4n) is 1.69. The fourth-order valence-corrected chi connectivity index (χ4v) is 1.87. The first-order chi connectivity index (χ1) is 9.59. The number of benzene rings is 2. The highest BCUT2D eigenvalue weighted by molar-refractivity contribution is 6.33. The average molecular weight is 290 g/mol. The first-order valence-electron chi connectivity index (χ1n) is 5.88. The highest BCUT2D eigenvalue weighted by Gasteiger charge is 2.14. The van der Waals surface area contributed by atoms with Crippen LogP contribution in [-0.4, -0.2) is 10.6 Å². The Labute approximate surface area is 121 Å². The molecule has 20 heavy (non-hydrogen) atoms.